The minimum absolute atomic E-state index is 0.0261. The minimum Gasteiger partial charge on any atom is -0.444 e. The van der Waals surface area contributed by atoms with Gasteiger partial charge in [0, 0.05) is 24.4 Å². The Morgan fingerprint density at radius 3 is 2.62 bits per heavy atom. The molecule has 176 valence electrons. The molecule has 0 spiro atoms. The molecule has 1 unspecified atom stereocenters. The van der Waals surface area contributed by atoms with Crippen LogP contribution in [-0.2, 0) is 22.4 Å². The molecular formula is C24H36N4O3S. The summed E-state index contributed by atoms with van der Waals surface area (Å²) in [6, 6.07) is 2.31. The van der Waals surface area contributed by atoms with Gasteiger partial charge in [-0.3, -0.25) is 4.79 Å². The molecule has 2 heterocycles. The number of thiophene rings is 1. The number of fused-ring (bicyclic) bond motifs is 1. The summed E-state index contributed by atoms with van der Waals surface area (Å²) in [6.45, 7) is 11.0. The molecule has 7 nitrogen and oxygen atoms in total. The van der Waals surface area contributed by atoms with Gasteiger partial charge >= 0.3 is 6.09 Å². The largest absolute Gasteiger partial charge is 0.444 e. The van der Waals surface area contributed by atoms with Gasteiger partial charge in [-0.25, -0.2) is 4.79 Å². The van der Waals surface area contributed by atoms with E-state index in [1.54, 1.807) is 11.3 Å². The number of ether oxygens (including phenoxy) is 1. The molecule has 0 radical (unpaired) electrons. The van der Waals surface area contributed by atoms with E-state index >= 15 is 0 Å². The average molecular weight is 461 g/mol. The molecule has 1 aliphatic carbocycles. The van der Waals surface area contributed by atoms with Crippen molar-refractivity contribution >= 4 is 28.3 Å². The number of piperidine rings is 1. The van der Waals surface area contributed by atoms with E-state index in [1.165, 1.54) is 4.88 Å². The van der Waals surface area contributed by atoms with Gasteiger partial charge in [-0.2, -0.15) is 5.26 Å². The van der Waals surface area contributed by atoms with Crippen LogP contribution in [-0.4, -0.2) is 48.7 Å². The third-order valence-electron chi connectivity index (χ3n) is 6.17. The number of carbonyl (C=O) groups excluding carboxylic acids is 2. The Labute approximate surface area is 195 Å². The van der Waals surface area contributed by atoms with Crippen molar-refractivity contribution in [2.45, 2.75) is 71.8 Å². The summed E-state index contributed by atoms with van der Waals surface area (Å²) in [6.07, 6.45) is 5.08. The maximum atomic E-state index is 12.6. The SMILES string of the molecule is CC1CCc2c(sc(NC(=O)CCN3CCC(CNC(=O)OC(C)(C)C)CC3)c2C#N)C1. The molecule has 1 atom stereocenters. The van der Waals surface area contributed by atoms with E-state index in [-0.39, 0.29) is 12.0 Å². The predicted octanol–water partition coefficient (Wildman–Crippen LogP) is 4.31. The molecule has 0 saturated carbocycles. The number of nitrogens with zero attached hydrogens (tertiary/aromatic N) is 2. The first-order valence-corrected chi connectivity index (χ1v) is 12.5. The number of likely N-dealkylation sites (tertiary alicyclic amines) is 1. The van der Waals surface area contributed by atoms with Gasteiger partial charge in [-0.05, 0) is 83.4 Å². The summed E-state index contributed by atoms with van der Waals surface area (Å²) in [5.74, 6) is 1.05. The number of hydrogen-bond acceptors (Lipinski definition) is 6. The van der Waals surface area contributed by atoms with Gasteiger partial charge in [0.15, 0.2) is 0 Å². The van der Waals surface area contributed by atoms with Crippen molar-refractivity contribution in [2.75, 3.05) is 31.5 Å². The molecule has 1 aliphatic heterocycles. The zero-order valence-corrected chi connectivity index (χ0v) is 20.6. The van der Waals surface area contributed by atoms with Gasteiger partial charge in [0.2, 0.25) is 5.91 Å². The summed E-state index contributed by atoms with van der Waals surface area (Å²) in [4.78, 5) is 27.9. The van der Waals surface area contributed by atoms with Crippen LogP contribution >= 0.6 is 11.3 Å². The van der Waals surface area contributed by atoms with Crippen LogP contribution in [0.25, 0.3) is 0 Å². The second-order valence-corrected chi connectivity index (χ2v) is 11.2. The van der Waals surface area contributed by atoms with Gasteiger partial charge < -0.3 is 20.3 Å². The molecule has 1 aromatic heterocycles. The fraction of sp³-hybridized carbons (Fsp3) is 0.708. The maximum absolute atomic E-state index is 12.6. The fourth-order valence-corrected chi connectivity index (χ4v) is 5.74. The molecule has 1 saturated heterocycles. The lowest BCUT2D eigenvalue weighted by Gasteiger charge is -2.32. The van der Waals surface area contributed by atoms with Crippen LogP contribution in [0.15, 0.2) is 0 Å². The van der Waals surface area contributed by atoms with Crippen LogP contribution in [0.1, 0.15) is 69.4 Å². The van der Waals surface area contributed by atoms with Crippen LogP contribution in [0.2, 0.25) is 0 Å². The lowest BCUT2D eigenvalue weighted by Crippen LogP contribution is -2.40. The third-order valence-corrected chi connectivity index (χ3v) is 7.34. The quantitative estimate of drug-likeness (QED) is 0.660. The van der Waals surface area contributed by atoms with Crippen LogP contribution < -0.4 is 10.6 Å². The van der Waals surface area contributed by atoms with Crippen molar-refractivity contribution in [1.82, 2.24) is 10.2 Å². The lowest BCUT2D eigenvalue weighted by atomic mass is 9.89. The zero-order valence-electron chi connectivity index (χ0n) is 19.8. The van der Waals surface area contributed by atoms with E-state index in [2.05, 4.69) is 28.5 Å². The van der Waals surface area contributed by atoms with E-state index in [0.717, 1.165) is 55.8 Å². The van der Waals surface area contributed by atoms with E-state index in [1.807, 2.05) is 20.8 Å². The second-order valence-electron chi connectivity index (χ2n) is 10.1. The number of alkyl carbamates (subject to hydrolysis) is 1. The van der Waals surface area contributed by atoms with E-state index < -0.39 is 5.60 Å². The van der Waals surface area contributed by atoms with Crippen LogP contribution in [0.5, 0.6) is 0 Å². The Morgan fingerprint density at radius 2 is 1.97 bits per heavy atom. The number of nitrogens with one attached hydrogen (secondary N) is 2. The van der Waals surface area contributed by atoms with Crippen molar-refractivity contribution in [2.24, 2.45) is 11.8 Å². The van der Waals surface area contributed by atoms with Crippen molar-refractivity contribution in [3.63, 3.8) is 0 Å². The zero-order chi connectivity index (χ0) is 23.3. The Bertz CT molecular complexity index is 860. The Kier molecular flexibility index (Phi) is 8.18. The molecule has 2 aliphatic rings. The van der Waals surface area contributed by atoms with Gasteiger partial charge in [0.25, 0.3) is 0 Å². The predicted molar refractivity (Wildman–Crippen MR) is 127 cm³/mol. The molecule has 2 N–H and O–H groups in total. The maximum Gasteiger partial charge on any atom is 0.407 e. The Hall–Kier alpha value is -2.11. The molecule has 8 heteroatoms. The Morgan fingerprint density at radius 1 is 1.25 bits per heavy atom. The minimum atomic E-state index is -0.483. The van der Waals surface area contributed by atoms with Crippen LogP contribution in [0.4, 0.5) is 9.80 Å². The number of anilines is 1. The molecular weight excluding hydrogens is 424 g/mol. The number of carbonyl (C=O) groups is 2. The van der Waals surface area contributed by atoms with Gasteiger partial charge in [-0.1, -0.05) is 6.92 Å². The van der Waals surface area contributed by atoms with Crippen LogP contribution in [0.3, 0.4) is 0 Å². The normalized spacial score (nSPS) is 19.7. The third kappa shape index (κ3) is 6.94. The van der Waals surface area contributed by atoms with Gasteiger partial charge in [0.1, 0.15) is 16.7 Å². The highest BCUT2D eigenvalue weighted by atomic mass is 32.1. The molecule has 3 rings (SSSR count). The summed E-state index contributed by atoms with van der Waals surface area (Å²) >= 11 is 1.58. The summed E-state index contributed by atoms with van der Waals surface area (Å²) in [5, 5.41) is 16.2. The molecule has 32 heavy (non-hydrogen) atoms. The monoisotopic (exact) mass is 460 g/mol. The smallest absolute Gasteiger partial charge is 0.407 e. The topological polar surface area (TPSA) is 94.5 Å². The van der Waals surface area contributed by atoms with Crippen molar-refractivity contribution < 1.29 is 14.3 Å². The van der Waals surface area contributed by atoms with E-state index in [9.17, 15) is 14.9 Å². The highest BCUT2D eigenvalue weighted by molar-refractivity contribution is 7.16. The molecule has 2 amide bonds. The fourth-order valence-electron chi connectivity index (χ4n) is 4.36. The molecule has 0 bridgehead atoms. The van der Waals surface area contributed by atoms with Gasteiger partial charge in [0.05, 0.1) is 5.56 Å². The summed E-state index contributed by atoms with van der Waals surface area (Å²) < 4.78 is 5.29. The summed E-state index contributed by atoms with van der Waals surface area (Å²) in [7, 11) is 0. The number of amides is 2. The first kappa shape index (κ1) is 24.5. The number of nitriles is 1. The standard InChI is InChI=1S/C24H36N4O3S/c1-16-5-6-18-19(14-25)22(32-20(18)13-16)27-21(29)9-12-28-10-7-17(8-11-28)15-26-23(30)31-24(2,3)4/h16-17H,5-13,15H2,1-4H3,(H,26,30)(H,27,29). The Balaban J connectivity index is 1.39. The van der Waals surface area contributed by atoms with Crippen molar-refractivity contribution in [1.29, 1.82) is 5.26 Å². The first-order chi connectivity index (χ1) is 15.1. The van der Waals surface area contributed by atoms with Crippen LogP contribution in [0, 0.1) is 23.2 Å². The number of hydrogen-bond donors (Lipinski definition) is 2. The van der Waals surface area contributed by atoms with E-state index in [0.29, 0.717) is 36.9 Å². The molecule has 1 aromatic rings. The highest BCUT2D eigenvalue weighted by Crippen LogP contribution is 2.39. The van der Waals surface area contributed by atoms with Crippen molar-refractivity contribution in [3.8, 4) is 6.07 Å². The highest BCUT2D eigenvalue weighted by Gasteiger charge is 2.25. The first-order valence-electron chi connectivity index (χ1n) is 11.7. The lowest BCUT2D eigenvalue weighted by molar-refractivity contribution is -0.116. The van der Waals surface area contributed by atoms with E-state index in [4.69, 9.17) is 4.74 Å². The average Bonchev–Trinajstić information content (AvgIpc) is 3.06. The van der Waals surface area contributed by atoms with Crippen molar-refractivity contribution in [3.05, 3.63) is 16.0 Å². The molecule has 0 aromatic carbocycles. The van der Waals surface area contributed by atoms with Gasteiger partial charge in [-0.15, -0.1) is 11.3 Å². The molecule has 1 fully saturated rings. The second kappa shape index (κ2) is 10.7. The summed E-state index contributed by atoms with van der Waals surface area (Å²) in [5.41, 5.74) is 1.33. The number of rotatable bonds is 6.